The van der Waals surface area contributed by atoms with E-state index in [1.165, 1.54) is 0 Å². The maximum Gasteiger partial charge on any atom is 0.161 e. The van der Waals surface area contributed by atoms with Crippen LogP contribution in [0.2, 0.25) is 0 Å². The summed E-state index contributed by atoms with van der Waals surface area (Å²) in [6.45, 7) is 5.32. The van der Waals surface area contributed by atoms with Crippen LogP contribution in [0.15, 0.2) is 28.7 Å². The number of benzene rings is 1. The molecule has 0 spiro atoms. The van der Waals surface area contributed by atoms with Gasteiger partial charge in [0.2, 0.25) is 0 Å². The summed E-state index contributed by atoms with van der Waals surface area (Å²) in [5.41, 5.74) is 2.07. The minimum absolute atomic E-state index is 0.455. The van der Waals surface area contributed by atoms with Crippen molar-refractivity contribution in [1.82, 2.24) is 9.78 Å². The fraction of sp³-hybridized carbons (Fsp3) is 0.438. The van der Waals surface area contributed by atoms with Crippen molar-refractivity contribution in [3.05, 3.63) is 40.1 Å². The average Bonchev–Trinajstić information content (AvgIpc) is 2.78. The molecule has 4 nitrogen and oxygen atoms in total. The first kappa shape index (κ1) is 15.9. The predicted octanol–water partition coefficient (Wildman–Crippen LogP) is 4.11. The van der Waals surface area contributed by atoms with E-state index in [1.807, 2.05) is 36.0 Å². The van der Waals surface area contributed by atoms with Gasteiger partial charge in [-0.1, -0.05) is 26.0 Å². The molecule has 114 valence electrons. The maximum atomic E-state index is 5.92. The monoisotopic (exact) mass is 352 g/mol. The quantitative estimate of drug-likeness (QED) is 0.752. The van der Waals surface area contributed by atoms with Crippen LogP contribution >= 0.6 is 15.9 Å². The summed E-state index contributed by atoms with van der Waals surface area (Å²) in [5.74, 6) is 1.55. The number of hydrogen-bond donors (Lipinski definition) is 0. The van der Waals surface area contributed by atoms with Crippen molar-refractivity contribution in [1.29, 1.82) is 0 Å². The van der Waals surface area contributed by atoms with E-state index in [4.69, 9.17) is 9.47 Å². The molecule has 0 fully saturated rings. The number of para-hydroxylation sites is 2. The van der Waals surface area contributed by atoms with Gasteiger partial charge in [0.15, 0.2) is 11.5 Å². The van der Waals surface area contributed by atoms with Crippen LogP contribution in [0.5, 0.6) is 11.5 Å². The summed E-state index contributed by atoms with van der Waals surface area (Å²) in [7, 11) is 1.93. The molecule has 5 heteroatoms. The lowest BCUT2D eigenvalue weighted by atomic mass is 10.3. The van der Waals surface area contributed by atoms with Gasteiger partial charge in [0.1, 0.15) is 6.61 Å². The van der Waals surface area contributed by atoms with Crippen molar-refractivity contribution in [2.45, 2.75) is 33.3 Å². The minimum atomic E-state index is 0.455. The number of nitrogens with zero attached hydrogens (tertiary/aromatic N) is 2. The largest absolute Gasteiger partial charge is 0.490 e. The van der Waals surface area contributed by atoms with E-state index < -0.39 is 0 Å². The molecule has 1 aromatic carbocycles. The Morgan fingerprint density at radius 1 is 1.14 bits per heavy atom. The molecule has 0 radical (unpaired) electrons. The van der Waals surface area contributed by atoms with Crippen LogP contribution in [0.25, 0.3) is 0 Å². The predicted molar refractivity (Wildman–Crippen MR) is 86.8 cm³/mol. The molecule has 0 aliphatic heterocycles. The number of halogens is 1. The van der Waals surface area contributed by atoms with Gasteiger partial charge in [0.05, 0.1) is 22.5 Å². The lowest BCUT2D eigenvalue weighted by Gasteiger charge is -2.12. The van der Waals surface area contributed by atoms with E-state index in [0.717, 1.165) is 40.2 Å². The Hall–Kier alpha value is -1.49. The molecule has 21 heavy (non-hydrogen) atoms. The zero-order valence-corrected chi connectivity index (χ0v) is 14.3. The Labute approximate surface area is 134 Å². The van der Waals surface area contributed by atoms with Crippen LogP contribution in [0.3, 0.4) is 0 Å². The first-order valence-corrected chi connectivity index (χ1v) is 8.01. The van der Waals surface area contributed by atoms with Gasteiger partial charge in [-0.05, 0) is 40.9 Å². The van der Waals surface area contributed by atoms with Crippen molar-refractivity contribution in [3.8, 4) is 11.5 Å². The molecule has 0 saturated heterocycles. The Morgan fingerprint density at radius 3 is 2.38 bits per heavy atom. The zero-order valence-electron chi connectivity index (χ0n) is 12.7. The van der Waals surface area contributed by atoms with Gasteiger partial charge in [0, 0.05) is 7.05 Å². The first-order valence-electron chi connectivity index (χ1n) is 7.22. The summed E-state index contributed by atoms with van der Waals surface area (Å²) in [4.78, 5) is 0. The summed E-state index contributed by atoms with van der Waals surface area (Å²) in [5, 5.41) is 4.47. The number of ether oxygens (including phenoxy) is 2. The summed E-state index contributed by atoms with van der Waals surface area (Å²) in [6.07, 6.45) is 1.87. The van der Waals surface area contributed by atoms with Gasteiger partial charge in [-0.25, -0.2) is 0 Å². The SMILES string of the molecule is CCCOc1ccccc1OCc1c(Br)c(CC)nn1C. The minimum Gasteiger partial charge on any atom is -0.490 e. The standard InChI is InChI=1S/C16H21BrN2O2/c1-4-10-20-14-8-6-7-9-15(14)21-11-13-16(17)12(5-2)18-19(13)3/h6-9H,4-5,10-11H2,1-3H3. The third-order valence-corrected chi connectivity index (χ3v) is 4.09. The molecule has 0 unspecified atom stereocenters. The molecule has 1 aromatic heterocycles. The van der Waals surface area contributed by atoms with Gasteiger partial charge in [-0.2, -0.15) is 5.10 Å². The van der Waals surface area contributed by atoms with Gasteiger partial charge in [-0.3, -0.25) is 4.68 Å². The highest BCUT2D eigenvalue weighted by atomic mass is 79.9. The highest BCUT2D eigenvalue weighted by Gasteiger charge is 2.14. The second-order valence-electron chi connectivity index (χ2n) is 4.77. The molecule has 0 atom stereocenters. The first-order chi connectivity index (χ1) is 10.2. The Balaban J connectivity index is 2.11. The average molecular weight is 353 g/mol. The van der Waals surface area contributed by atoms with Gasteiger partial charge >= 0.3 is 0 Å². The van der Waals surface area contributed by atoms with E-state index in [2.05, 4.69) is 34.9 Å². The zero-order chi connectivity index (χ0) is 15.2. The van der Waals surface area contributed by atoms with Crippen LogP contribution < -0.4 is 9.47 Å². The Morgan fingerprint density at radius 2 is 1.81 bits per heavy atom. The second kappa shape index (κ2) is 7.50. The van der Waals surface area contributed by atoms with Crippen molar-refractivity contribution < 1.29 is 9.47 Å². The van der Waals surface area contributed by atoms with Crippen molar-refractivity contribution in [2.24, 2.45) is 7.05 Å². The number of hydrogen-bond acceptors (Lipinski definition) is 3. The molecule has 0 saturated carbocycles. The van der Waals surface area contributed by atoms with Crippen LogP contribution in [-0.4, -0.2) is 16.4 Å². The number of rotatable bonds is 7. The topological polar surface area (TPSA) is 36.3 Å². The van der Waals surface area contributed by atoms with E-state index >= 15 is 0 Å². The number of aromatic nitrogens is 2. The van der Waals surface area contributed by atoms with Gasteiger partial charge < -0.3 is 9.47 Å². The molecule has 0 aliphatic rings. The van der Waals surface area contributed by atoms with Crippen molar-refractivity contribution in [3.63, 3.8) is 0 Å². The molecule has 0 N–H and O–H groups in total. The third-order valence-electron chi connectivity index (χ3n) is 3.18. The molecular formula is C16H21BrN2O2. The highest BCUT2D eigenvalue weighted by molar-refractivity contribution is 9.10. The van der Waals surface area contributed by atoms with E-state index in [0.29, 0.717) is 13.2 Å². The molecule has 0 bridgehead atoms. The molecule has 1 heterocycles. The normalized spacial score (nSPS) is 10.7. The third kappa shape index (κ3) is 3.79. The van der Waals surface area contributed by atoms with Crippen LogP contribution in [0, 0.1) is 0 Å². The van der Waals surface area contributed by atoms with E-state index in [-0.39, 0.29) is 0 Å². The van der Waals surface area contributed by atoms with Crippen LogP contribution in [0.4, 0.5) is 0 Å². The van der Waals surface area contributed by atoms with Crippen LogP contribution in [-0.2, 0) is 20.1 Å². The van der Waals surface area contributed by atoms with Gasteiger partial charge in [0.25, 0.3) is 0 Å². The summed E-state index contributed by atoms with van der Waals surface area (Å²) in [6, 6.07) is 7.76. The molecule has 2 rings (SSSR count). The van der Waals surface area contributed by atoms with E-state index in [9.17, 15) is 0 Å². The number of aryl methyl sites for hydroxylation is 2. The molecular weight excluding hydrogens is 332 g/mol. The highest BCUT2D eigenvalue weighted by Crippen LogP contribution is 2.29. The van der Waals surface area contributed by atoms with Gasteiger partial charge in [-0.15, -0.1) is 0 Å². The smallest absolute Gasteiger partial charge is 0.161 e. The maximum absolute atomic E-state index is 5.92. The fourth-order valence-electron chi connectivity index (χ4n) is 2.02. The fourth-order valence-corrected chi connectivity index (χ4v) is 2.75. The van der Waals surface area contributed by atoms with E-state index in [1.54, 1.807) is 0 Å². The lowest BCUT2D eigenvalue weighted by Crippen LogP contribution is -2.05. The lowest BCUT2D eigenvalue weighted by molar-refractivity contribution is 0.256. The Kier molecular flexibility index (Phi) is 5.67. The Bertz CT molecular complexity index is 596. The summed E-state index contributed by atoms with van der Waals surface area (Å²) >= 11 is 3.60. The summed E-state index contributed by atoms with van der Waals surface area (Å²) < 4.78 is 14.5. The van der Waals surface area contributed by atoms with Crippen LogP contribution in [0.1, 0.15) is 31.7 Å². The van der Waals surface area contributed by atoms with Crippen molar-refractivity contribution in [2.75, 3.05) is 6.61 Å². The molecule has 0 amide bonds. The van der Waals surface area contributed by atoms with Crippen molar-refractivity contribution >= 4 is 15.9 Å². The second-order valence-corrected chi connectivity index (χ2v) is 5.56. The molecule has 0 aliphatic carbocycles. The molecule has 2 aromatic rings.